The average Bonchev–Trinajstić information content (AvgIpc) is 2.66. The number of halogens is 1. The number of hydrogen-bond donors (Lipinski definition) is 2. The van der Waals surface area contributed by atoms with E-state index in [0.29, 0.717) is 13.1 Å². The van der Waals surface area contributed by atoms with Gasteiger partial charge in [0.1, 0.15) is 0 Å². The van der Waals surface area contributed by atoms with Crippen LogP contribution in [0.25, 0.3) is 0 Å². The summed E-state index contributed by atoms with van der Waals surface area (Å²) in [4.78, 5) is 12.8. The van der Waals surface area contributed by atoms with E-state index in [9.17, 15) is 4.79 Å². The second-order valence-corrected chi connectivity index (χ2v) is 4.88. The minimum atomic E-state index is -0.475. The summed E-state index contributed by atoms with van der Waals surface area (Å²) in [5.41, 5.74) is 5.02. The summed E-state index contributed by atoms with van der Waals surface area (Å²) in [6.07, 6.45) is 0. The summed E-state index contributed by atoms with van der Waals surface area (Å²) < 4.78 is 0. The Hall–Kier alpha value is -0.580. The van der Waals surface area contributed by atoms with Crippen LogP contribution in [-0.4, -0.2) is 12.5 Å². The van der Waals surface area contributed by atoms with Crippen LogP contribution in [0, 0.1) is 5.41 Å². The third-order valence-electron chi connectivity index (χ3n) is 2.13. The van der Waals surface area contributed by atoms with Gasteiger partial charge in [-0.25, -0.2) is 0 Å². The minimum absolute atomic E-state index is 0. The van der Waals surface area contributed by atoms with E-state index in [1.807, 2.05) is 31.4 Å². The van der Waals surface area contributed by atoms with Crippen LogP contribution < -0.4 is 11.1 Å². The molecule has 86 valence electrons. The van der Waals surface area contributed by atoms with Gasteiger partial charge in [-0.1, -0.05) is 6.07 Å². The van der Waals surface area contributed by atoms with Crippen LogP contribution in [0.15, 0.2) is 17.5 Å². The normalized spacial score (nSPS) is 10.6. The van der Waals surface area contributed by atoms with Crippen LogP contribution in [0.4, 0.5) is 0 Å². The standard InChI is InChI=1S/C10H16N2OS.ClH/c1-10(2,7-11)9(13)12-6-8-4-3-5-14-8;/h3-5H,6-7,11H2,1-2H3,(H,12,13);1H. The number of thiophene rings is 1. The van der Waals surface area contributed by atoms with Crippen LogP contribution >= 0.6 is 23.7 Å². The van der Waals surface area contributed by atoms with Crippen molar-refractivity contribution in [3.05, 3.63) is 22.4 Å². The van der Waals surface area contributed by atoms with E-state index >= 15 is 0 Å². The molecule has 1 heterocycles. The molecule has 1 aromatic rings. The minimum Gasteiger partial charge on any atom is -0.351 e. The first-order valence-corrected chi connectivity index (χ1v) is 5.45. The van der Waals surface area contributed by atoms with Crippen molar-refractivity contribution in [1.82, 2.24) is 5.32 Å². The Labute approximate surface area is 100 Å². The highest BCUT2D eigenvalue weighted by atomic mass is 35.5. The van der Waals surface area contributed by atoms with Crippen LogP contribution in [0.5, 0.6) is 0 Å². The van der Waals surface area contributed by atoms with Crippen molar-refractivity contribution in [1.29, 1.82) is 0 Å². The van der Waals surface area contributed by atoms with E-state index in [1.165, 1.54) is 0 Å². The monoisotopic (exact) mass is 248 g/mol. The first-order chi connectivity index (χ1) is 6.56. The van der Waals surface area contributed by atoms with E-state index in [0.717, 1.165) is 4.88 Å². The average molecular weight is 249 g/mol. The van der Waals surface area contributed by atoms with Gasteiger partial charge in [0.15, 0.2) is 0 Å². The van der Waals surface area contributed by atoms with E-state index in [1.54, 1.807) is 11.3 Å². The van der Waals surface area contributed by atoms with Crippen molar-refractivity contribution in [3.63, 3.8) is 0 Å². The van der Waals surface area contributed by atoms with Crippen molar-refractivity contribution < 1.29 is 4.79 Å². The summed E-state index contributed by atoms with van der Waals surface area (Å²) in [6, 6.07) is 3.97. The molecule has 0 saturated heterocycles. The van der Waals surface area contributed by atoms with Crippen LogP contribution in [0.2, 0.25) is 0 Å². The number of carbonyl (C=O) groups is 1. The molecule has 0 saturated carbocycles. The highest BCUT2D eigenvalue weighted by Crippen LogP contribution is 2.13. The highest BCUT2D eigenvalue weighted by molar-refractivity contribution is 7.09. The summed E-state index contributed by atoms with van der Waals surface area (Å²) in [7, 11) is 0. The molecule has 0 aliphatic heterocycles. The van der Waals surface area contributed by atoms with Crippen molar-refractivity contribution >= 4 is 29.7 Å². The van der Waals surface area contributed by atoms with Gasteiger partial charge in [0, 0.05) is 11.4 Å². The Morgan fingerprint density at radius 1 is 1.60 bits per heavy atom. The van der Waals surface area contributed by atoms with Crippen LogP contribution in [0.1, 0.15) is 18.7 Å². The van der Waals surface area contributed by atoms with Crippen LogP contribution in [0.3, 0.4) is 0 Å². The van der Waals surface area contributed by atoms with Crippen molar-refractivity contribution in [2.24, 2.45) is 11.1 Å². The number of hydrogen-bond acceptors (Lipinski definition) is 3. The zero-order chi connectivity index (χ0) is 10.6. The lowest BCUT2D eigenvalue weighted by Gasteiger charge is -2.20. The van der Waals surface area contributed by atoms with Gasteiger partial charge in [0.05, 0.1) is 12.0 Å². The third kappa shape index (κ3) is 4.20. The van der Waals surface area contributed by atoms with Gasteiger partial charge in [-0.3, -0.25) is 4.79 Å². The van der Waals surface area contributed by atoms with Gasteiger partial charge >= 0.3 is 0 Å². The SMILES string of the molecule is CC(C)(CN)C(=O)NCc1cccs1.Cl. The van der Waals surface area contributed by atoms with E-state index < -0.39 is 5.41 Å². The maximum absolute atomic E-state index is 11.6. The number of rotatable bonds is 4. The molecule has 0 aliphatic carbocycles. The van der Waals surface area contributed by atoms with Crippen molar-refractivity contribution in [2.75, 3.05) is 6.54 Å². The van der Waals surface area contributed by atoms with Gasteiger partial charge in [0.2, 0.25) is 5.91 Å². The highest BCUT2D eigenvalue weighted by Gasteiger charge is 2.25. The molecule has 0 aliphatic rings. The van der Waals surface area contributed by atoms with Gasteiger partial charge in [-0.2, -0.15) is 0 Å². The Morgan fingerprint density at radius 3 is 2.73 bits per heavy atom. The Kier molecular flexibility index (Phi) is 5.87. The summed E-state index contributed by atoms with van der Waals surface area (Å²) in [6.45, 7) is 4.65. The summed E-state index contributed by atoms with van der Waals surface area (Å²) >= 11 is 1.64. The molecular weight excluding hydrogens is 232 g/mol. The van der Waals surface area contributed by atoms with Gasteiger partial charge in [-0.15, -0.1) is 23.7 Å². The molecule has 1 rings (SSSR count). The predicted octanol–water partition coefficient (Wildman–Crippen LogP) is 1.77. The van der Waals surface area contributed by atoms with Crippen molar-refractivity contribution in [3.8, 4) is 0 Å². The van der Waals surface area contributed by atoms with E-state index in [4.69, 9.17) is 5.73 Å². The fourth-order valence-corrected chi connectivity index (χ4v) is 1.56. The molecule has 0 radical (unpaired) electrons. The fourth-order valence-electron chi connectivity index (χ4n) is 0.913. The first kappa shape index (κ1) is 14.4. The molecule has 3 N–H and O–H groups in total. The lowest BCUT2D eigenvalue weighted by atomic mass is 9.93. The lowest BCUT2D eigenvalue weighted by molar-refractivity contribution is -0.129. The Morgan fingerprint density at radius 2 is 2.27 bits per heavy atom. The zero-order valence-electron chi connectivity index (χ0n) is 8.95. The van der Waals surface area contributed by atoms with Crippen LogP contribution in [-0.2, 0) is 11.3 Å². The molecule has 1 aromatic heterocycles. The largest absolute Gasteiger partial charge is 0.351 e. The molecule has 15 heavy (non-hydrogen) atoms. The Bertz CT molecular complexity index is 298. The molecule has 0 aromatic carbocycles. The number of nitrogens with one attached hydrogen (secondary N) is 1. The topological polar surface area (TPSA) is 55.1 Å². The van der Waals surface area contributed by atoms with Gasteiger partial charge in [-0.05, 0) is 25.3 Å². The van der Waals surface area contributed by atoms with Gasteiger partial charge < -0.3 is 11.1 Å². The summed E-state index contributed by atoms with van der Waals surface area (Å²) in [5.74, 6) is 0.00778. The molecule has 0 atom stereocenters. The molecule has 1 amide bonds. The number of carbonyl (C=O) groups excluding carboxylic acids is 1. The third-order valence-corrected chi connectivity index (χ3v) is 3.00. The maximum atomic E-state index is 11.6. The van der Waals surface area contributed by atoms with Crippen molar-refractivity contribution in [2.45, 2.75) is 20.4 Å². The molecular formula is C10H17ClN2OS. The molecule has 5 heteroatoms. The molecule has 0 bridgehead atoms. The lowest BCUT2D eigenvalue weighted by Crippen LogP contribution is -2.41. The fraction of sp³-hybridized carbons (Fsp3) is 0.500. The zero-order valence-corrected chi connectivity index (χ0v) is 10.6. The number of amides is 1. The van der Waals surface area contributed by atoms with E-state index in [-0.39, 0.29) is 18.3 Å². The van der Waals surface area contributed by atoms with E-state index in [2.05, 4.69) is 5.32 Å². The molecule has 0 fully saturated rings. The first-order valence-electron chi connectivity index (χ1n) is 4.57. The number of nitrogens with two attached hydrogens (primary N) is 1. The maximum Gasteiger partial charge on any atom is 0.227 e. The molecule has 0 spiro atoms. The molecule has 0 unspecified atom stereocenters. The summed E-state index contributed by atoms with van der Waals surface area (Å²) in [5, 5.41) is 4.86. The Balaban J connectivity index is 0.00000196. The second-order valence-electron chi connectivity index (χ2n) is 3.85. The smallest absolute Gasteiger partial charge is 0.227 e. The van der Waals surface area contributed by atoms with Gasteiger partial charge in [0.25, 0.3) is 0 Å². The predicted molar refractivity (Wildman–Crippen MR) is 66.2 cm³/mol. The molecule has 3 nitrogen and oxygen atoms in total. The second kappa shape index (κ2) is 6.10. The quantitative estimate of drug-likeness (QED) is 0.853.